The summed E-state index contributed by atoms with van der Waals surface area (Å²) in [6, 6.07) is 7.24. The molecule has 0 radical (unpaired) electrons. The number of methoxy groups -OCH3 is 1. The first-order chi connectivity index (χ1) is 9.15. The lowest BCUT2D eigenvalue weighted by Gasteiger charge is -2.06. The number of esters is 1. The highest BCUT2D eigenvalue weighted by atomic mass is 79.9. The summed E-state index contributed by atoms with van der Waals surface area (Å²) in [7, 11) is 1.59. The Bertz CT molecular complexity index is 595. The number of rotatable bonds is 4. The van der Waals surface area contributed by atoms with E-state index in [2.05, 4.69) is 26.1 Å². The van der Waals surface area contributed by atoms with Crippen LogP contribution < -0.4 is 4.74 Å². The molecule has 1 aromatic heterocycles. The first kappa shape index (κ1) is 13.6. The number of carbonyl (C=O) groups excluding carboxylic acids is 1. The SMILES string of the molecule is CCOC(=O)c1cc(-c2ccc(Br)cc2OC)n[nH]1. The van der Waals surface area contributed by atoms with Crippen LogP contribution in [0.15, 0.2) is 28.7 Å². The molecule has 1 N–H and O–H groups in total. The van der Waals surface area contributed by atoms with E-state index in [9.17, 15) is 4.79 Å². The quantitative estimate of drug-likeness (QED) is 0.878. The van der Waals surface area contributed by atoms with Crippen molar-refractivity contribution in [1.29, 1.82) is 0 Å². The Balaban J connectivity index is 2.35. The Morgan fingerprint density at radius 2 is 2.21 bits per heavy atom. The third-order valence-electron chi connectivity index (χ3n) is 2.51. The highest BCUT2D eigenvalue weighted by molar-refractivity contribution is 9.10. The van der Waals surface area contributed by atoms with E-state index in [1.54, 1.807) is 20.1 Å². The summed E-state index contributed by atoms with van der Waals surface area (Å²) in [6.07, 6.45) is 0. The van der Waals surface area contributed by atoms with Crippen molar-refractivity contribution in [2.75, 3.05) is 13.7 Å². The van der Waals surface area contributed by atoms with Crippen LogP contribution in [0.3, 0.4) is 0 Å². The van der Waals surface area contributed by atoms with Gasteiger partial charge in [0.2, 0.25) is 0 Å². The number of aromatic amines is 1. The molecule has 0 aliphatic rings. The number of nitrogens with one attached hydrogen (secondary N) is 1. The fraction of sp³-hybridized carbons (Fsp3) is 0.231. The first-order valence-electron chi connectivity index (χ1n) is 5.72. The minimum Gasteiger partial charge on any atom is -0.496 e. The third kappa shape index (κ3) is 2.96. The molecule has 2 rings (SSSR count). The van der Waals surface area contributed by atoms with Crippen LogP contribution in [-0.2, 0) is 4.74 Å². The number of nitrogens with zero attached hydrogens (tertiary/aromatic N) is 1. The zero-order valence-corrected chi connectivity index (χ0v) is 12.2. The van der Waals surface area contributed by atoms with E-state index in [4.69, 9.17) is 9.47 Å². The maximum Gasteiger partial charge on any atom is 0.356 e. The van der Waals surface area contributed by atoms with Gasteiger partial charge in [0.25, 0.3) is 0 Å². The Kier molecular flexibility index (Phi) is 4.21. The van der Waals surface area contributed by atoms with Gasteiger partial charge in [-0.3, -0.25) is 5.10 Å². The molecule has 0 bridgehead atoms. The average Bonchev–Trinajstić information content (AvgIpc) is 2.88. The van der Waals surface area contributed by atoms with Crippen molar-refractivity contribution in [2.45, 2.75) is 6.92 Å². The summed E-state index contributed by atoms with van der Waals surface area (Å²) >= 11 is 3.38. The number of benzene rings is 1. The van der Waals surface area contributed by atoms with Crippen molar-refractivity contribution < 1.29 is 14.3 Å². The van der Waals surface area contributed by atoms with Crippen molar-refractivity contribution in [3.05, 3.63) is 34.4 Å². The average molecular weight is 325 g/mol. The predicted octanol–water partition coefficient (Wildman–Crippen LogP) is 3.02. The second-order valence-corrected chi connectivity index (χ2v) is 4.65. The smallest absolute Gasteiger partial charge is 0.356 e. The molecule has 0 fully saturated rings. The van der Waals surface area contributed by atoms with Gasteiger partial charge in [0.05, 0.1) is 19.4 Å². The van der Waals surface area contributed by atoms with Gasteiger partial charge in [0.15, 0.2) is 0 Å². The molecule has 0 atom stereocenters. The highest BCUT2D eigenvalue weighted by Gasteiger charge is 2.14. The van der Waals surface area contributed by atoms with Gasteiger partial charge in [-0.05, 0) is 31.2 Å². The Morgan fingerprint density at radius 3 is 2.89 bits per heavy atom. The number of ether oxygens (including phenoxy) is 2. The fourth-order valence-electron chi connectivity index (χ4n) is 1.65. The van der Waals surface area contributed by atoms with Crippen molar-refractivity contribution in [3.8, 4) is 17.0 Å². The van der Waals surface area contributed by atoms with Crippen LogP contribution in [0.1, 0.15) is 17.4 Å². The molecule has 19 heavy (non-hydrogen) atoms. The molecule has 0 saturated heterocycles. The summed E-state index contributed by atoms with van der Waals surface area (Å²) < 4.78 is 11.1. The van der Waals surface area contributed by atoms with Crippen molar-refractivity contribution in [3.63, 3.8) is 0 Å². The number of halogens is 1. The minimum absolute atomic E-state index is 0.321. The molecule has 100 valence electrons. The standard InChI is InChI=1S/C13H13BrN2O3/c1-3-19-13(17)11-7-10(15-16-11)9-5-4-8(14)6-12(9)18-2/h4-7H,3H2,1-2H3,(H,15,16). The first-order valence-corrected chi connectivity index (χ1v) is 6.51. The molecule has 0 unspecified atom stereocenters. The van der Waals surface area contributed by atoms with Crippen LogP contribution in [0.5, 0.6) is 5.75 Å². The normalized spacial score (nSPS) is 10.3. The Labute approximate surface area is 119 Å². The Morgan fingerprint density at radius 1 is 1.42 bits per heavy atom. The van der Waals surface area contributed by atoms with E-state index in [0.29, 0.717) is 23.7 Å². The molecule has 0 spiro atoms. The monoisotopic (exact) mass is 324 g/mol. The lowest BCUT2D eigenvalue weighted by molar-refractivity contribution is 0.0519. The van der Waals surface area contributed by atoms with Gasteiger partial charge in [-0.25, -0.2) is 4.79 Å². The maximum absolute atomic E-state index is 11.6. The van der Waals surface area contributed by atoms with Gasteiger partial charge >= 0.3 is 5.97 Å². The molecule has 1 aromatic carbocycles. The van der Waals surface area contributed by atoms with Crippen LogP contribution in [0.2, 0.25) is 0 Å². The minimum atomic E-state index is -0.419. The van der Waals surface area contributed by atoms with Gasteiger partial charge < -0.3 is 9.47 Å². The van der Waals surface area contributed by atoms with Crippen LogP contribution in [0, 0.1) is 0 Å². The predicted molar refractivity (Wildman–Crippen MR) is 74.2 cm³/mol. The topological polar surface area (TPSA) is 64.2 Å². The number of hydrogen-bond donors (Lipinski definition) is 1. The van der Waals surface area contributed by atoms with E-state index >= 15 is 0 Å². The molecular formula is C13H13BrN2O3. The molecule has 6 heteroatoms. The molecule has 0 amide bonds. The van der Waals surface area contributed by atoms with Crippen LogP contribution in [-0.4, -0.2) is 29.9 Å². The molecule has 2 aromatic rings. The molecule has 0 aliphatic carbocycles. The number of aromatic nitrogens is 2. The summed E-state index contributed by atoms with van der Waals surface area (Å²) in [5.74, 6) is 0.258. The van der Waals surface area contributed by atoms with Gasteiger partial charge in [-0.2, -0.15) is 5.10 Å². The summed E-state index contributed by atoms with van der Waals surface area (Å²) in [4.78, 5) is 11.6. The summed E-state index contributed by atoms with van der Waals surface area (Å²) in [5.41, 5.74) is 1.76. The van der Waals surface area contributed by atoms with Crippen molar-refractivity contribution >= 4 is 21.9 Å². The molecule has 0 saturated carbocycles. The summed E-state index contributed by atoms with van der Waals surface area (Å²) in [5, 5.41) is 6.77. The fourth-order valence-corrected chi connectivity index (χ4v) is 1.99. The lowest BCUT2D eigenvalue weighted by Crippen LogP contribution is -2.04. The van der Waals surface area contributed by atoms with Crippen LogP contribution >= 0.6 is 15.9 Å². The van der Waals surface area contributed by atoms with E-state index in [0.717, 1.165) is 10.0 Å². The zero-order chi connectivity index (χ0) is 13.8. The molecule has 1 heterocycles. The van der Waals surface area contributed by atoms with Crippen molar-refractivity contribution in [2.24, 2.45) is 0 Å². The lowest BCUT2D eigenvalue weighted by atomic mass is 10.1. The number of H-pyrrole nitrogens is 1. The molecule has 5 nitrogen and oxygen atoms in total. The summed E-state index contributed by atoms with van der Waals surface area (Å²) in [6.45, 7) is 2.09. The largest absolute Gasteiger partial charge is 0.496 e. The van der Waals surface area contributed by atoms with E-state index in [1.165, 1.54) is 0 Å². The van der Waals surface area contributed by atoms with E-state index in [1.807, 2.05) is 18.2 Å². The van der Waals surface area contributed by atoms with Gasteiger partial charge in [0, 0.05) is 10.0 Å². The van der Waals surface area contributed by atoms with E-state index in [-0.39, 0.29) is 0 Å². The molecular weight excluding hydrogens is 312 g/mol. The second-order valence-electron chi connectivity index (χ2n) is 3.73. The zero-order valence-electron chi connectivity index (χ0n) is 10.6. The second kappa shape index (κ2) is 5.88. The number of hydrogen-bond acceptors (Lipinski definition) is 4. The Hall–Kier alpha value is -1.82. The third-order valence-corrected chi connectivity index (χ3v) is 3.01. The van der Waals surface area contributed by atoms with Gasteiger partial charge in [0.1, 0.15) is 11.4 Å². The van der Waals surface area contributed by atoms with E-state index < -0.39 is 5.97 Å². The maximum atomic E-state index is 11.6. The van der Waals surface area contributed by atoms with Crippen LogP contribution in [0.25, 0.3) is 11.3 Å². The van der Waals surface area contributed by atoms with Gasteiger partial charge in [-0.15, -0.1) is 0 Å². The van der Waals surface area contributed by atoms with Crippen LogP contribution in [0.4, 0.5) is 0 Å². The highest BCUT2D eigenvalue weighted by Crippen LogP contribution is 2.31. The molecule has 0 aliphatic heterocycles. The van der Waals surface area contributed by atoms with Gasteiger partial charge in [-0.1, -0.05) is 15.9 Å². The number of carbonyl (C=O) groups is 1. The van der Waals surface area contributed by atoms with Crippen molar-refractivity contribution in [1.82, 2.24) is 10.2 Å².